The third-order valence-corrected chi connectivity index (χ3v) is 6.32. The van der Waals surface area contributed by atoms with E-state index >= 15 is 0 Å². The van der Waals surface area contributed by atoms with Gasteiger partial charge in [-0.2, -0.15) is 0 Å². The monoisotopic (exact) mass is 453 g/mol. The smallest absolute Gasteiger partial charge is 0.259 e. The van der Waals surface area contributed by atoms with Gasteiger partial charge in [0.25, 0.3) is 5.56 Å². The quantitative estimate of drug-likeness (QED) is 0.452. The van der Waals surface area contributed by atoms with E-state index in [1.807, 2.05) is 45.0 Å². The first-order valence-electron chi connectivity index (χ1n) is 11.1. The molecule has 0 aliphatic heterocycles. The Morgan fingerprint density at radius 2 is 1.59 bits per heavy atom. The zero-order valence-electron chi connectivity index (χ0n) is 19.4. The molecule has 2 atom stereocenters. The largest absolute Gasteiger partial charge is 0.368 e. The molecule has 0 aliphatic carbocycles. The average molecular weight is 454 g/mol. The van der Waals surface area contributed by atoms with E-state index in [2.05, 4.69) is 5.32 Å². The van der Waals surface area contributed by atoms with Gasteiger partial charge in [0.1, 0.15) is 6.04 Å². The molecule has 34 heavy (non-hydrogen) atoms. The van der Waals surface area contributed by atoms with Gasteiger partial charge >= 0.3 is 0 Å². The average Bonchev–Trinajstić information content (AvgIpc) is 2.83. The van der Waals surface area contributed by atoms with Gasteiger partial charge in [-0.1, -0.05) is 54.6 Å². The molecule has 0 fully saturated rings. The topological polar surface area (TPSA) is 94.2 Å². The molecule has 1 aromatic heterocycles. The van der Waals surface area contributed by atoms with Crippen molar-refractivity contribution in [1.29, 1.82) is 0 Å². The molecule has 1 heterocycles. The molecule has 4 aromatic rings. The molecule has 0 bridgehead atoms. The number of hydrogen-bond donors (Lipinski definition) is 2. The van der Waals surface area contributed by atoms with E-state index < -0.39 is 11.9 Å². The highest BCUT2D eigenvalue weighted by atomic mass is 16.2. The summed E-state index contributed by atoms with van der Waals surface area (Å²) in [7, 11) is 0. The van der Waals surface area contributed by atoms with Gasteiger partial charge in [-0.05, 0) is 61.2 Å². The zero-order chi connectivity index (χ0) is 24.4. The summed E-state index contributed by atoms with van der Waals surface area (Å²) < 4.78 is 1.34. The first-order valence-corrected chi connectivity index (χ1v) is 11.1. The number of carbonyl (C=O) groups excluding carboxylic acids is 2. The van der Waals surface area contributed by atoms with Crippen LogP contribution in [0.15, 0.2) is 83.8 Å². The molecule has 3 aromatic carbocycles. The van der Waals surface area contributed by atoms with Crippen molar-refractivity contribution in [1.82, 2.24) is 4.57 Å². The Labute approximate surface area is 198 Å². The molecule has 6 nitrogen and oxygen atoms in total. The predicted molar refractivity (Wildman–Crippen MR) is 135 cm³/mol. The lowest BCUT2D eigenvalue weighted by Gasteiger charge is -2.19. The Morgan fingerprint density at radius 3 is 2.26 bits per heavy atom. The van der Waals surface area contributed by atoms with Gasteiger partial charge in [-0.15, -0.1) is 0 Å². The number of aromatic nitrogens is 1. The van der Waals surface area contributed by atoms with E-state index in [-0.39, 0.29) is 17.4 Å². The summed E-state index contributed by atoms with van der Waals surface area (Å²) in [6.07, 6.45) is 1.55. The Bertz CT molecular complexity index is 1440. The summed E-state index contributed by atoms with van der Waals surface area (Å²) in [5, 5.41) is 3.96. The van der Waals surface area contributed by atoms with Crippen LogP contribution in [0.3, 0.4) is 0 Å². The molecular weight excluding hydrogens is 426 g/mol. The van der Waals surface area contributed by atoms with Crippen molar-refractivity contribution in [3.05, 3.63) is 112 Å². The van der Waals surface area contributed by atoms with Crippen molar-refractivity contribution >= 4 is 28.3 Å². The summed E-state index contributed by atoms with van der Waals surface area (Å²) in [6, 6.07) is 20.9. The highest BCUT2D eigenvalue weighted by molar-refractivity contribution is 6.04. The standard InChI is InChI=1S/C28H27N3O3/c1-17-12-13-21(16-18(17)2)19(3)27(33)30-24-11-7-10-23-22(24)14-15-31(28(23)34)25(26(29)32)20-8-5-4-6-9-20/h4-16,19,25H,1-3H3,(H2,29,32)(H,30,33)/t19-,25+/m0/s1. The normalized spacial score (nSPS) is 12.8. The van der Waals surface area contributed by atoms with Crippen molar-refractivity contribution in [2.75, 3.05) is 5.32 Å². The number of carbonyl (C=O) groups is 2. The Balaban J connectivity index is 1.70. The number of amides is 2. The minimum absolute atomic E-state index is 0.167. The van der Waals surface area contributed by atoms with Crippen LogP contribution in [0.2, 0.25) is 0 Å². The van der Waals surface area contributed by atoms with Gasteiger partial charge in [0.2, 0.25) is 11.8 Å². The lowest BCUT2D eigenvalue weighted by Crippen LogP contribution is -2.34. The summed E-state index contributed by atoms with van der Waals surface area (Å²) >= 11 is 0. The van der Waals surface area contributed by atoms with E-state index in [9.17, 15) is 14.4 Å². The lowest BCUT2D eigenvalue weighted by atomic mass is 9.96. The predicted octanol–water partition coefficient (Wildman–Crippen LogP) is 4.44. The molecule has 2 amide bonds. The Morgan fingerprint density at radius 1 is 0.853 bits per heavy atom. The lowest BCUT2D eigenvalue weighted by molar-refractivity contribution is -0.120. The van der Waals surface area contributed by atoms with Crippen LogP contribution in [-0.2, 0) is 9.59 Å². The molecule has 3 N–H and O–H groups in total. The first kappa shape index (κ1) is 23.0. The van der Waals surface area contributed by atoms with Crippen LogP contribution in [-0.4, -0.2) is 16.4 Å². The van der Waals surface area contributed by atoms with Crippen molar-refractivity contribution in [3.63, 3.8) is 0 Å². The number of aryl methyl sites for hydroxylation is 2. The number of nitrogens with one attached hydrogen (secondary N) is 1. The molecule has 0 saturated carbocycles. The molecule has 0 radical (unpaired) electrons. The van der Waals surface area contributed by atoms with E-state index in [1.54, 1.807) is 54.7 Å². The number of nitrogens with two attached hydrogens (primary N) is 1. The third-order valence-electron chi connectivity index (χ3n) is 6.32. The zero-order valence-corrected chi connectivity index (χ0v) is 19.4. The van der Waals surface area contributed by atoms with Gasteiger partial charge in [-0.3, -0.25) is 19.0 Å². The molecular formula is C28H27N3O3. The third kappa shape index (κ3) is 4.35. The van der Waals surface area contributed by atoms with E-state index in [0.717, 1.165) is 11.1 Å². The number of pyridine rings is 1. The Hall–Kier alpha value is -4.19. The summed E-state index contributed by atoms with van der Waals surface area (Å²) in [4.78, 5) is 38.6. The molecule has 4 rings (SSSR count). The van der Waals surface area contributed by atoms with Gasteiger partial charge in [-0.25, -0.2) is 0 Å². The first-order chi connectivity index (χ1) is 16.3. The molecule has 0 aliphatic rings. The highest BCUT2D eigenvalue weighted by Crippen LogP contribution is 2.26. The number of benzene rings is 3. The van der Waals surface area contributed by atoms with Crippen LogP contribution in [0.25, 0.3) is 10.8 Å². The fourth-order valence-corrected chi connectivity index (χ4v) is 4.13. The fraction of sp³-hybridized carbons (Fsp3) is 0.179. The SMILES string of the molecule is Cc1ccc([C@H](C)C(=O)Nc2cccc3c(=O)n([C@@H](C(N)=O)c4ccccc4)ccc23)cc1C. The van der Waals surface area contributed by atoms with Gasteiger partial charge in [0, 0.05) is 22.7 Å². The number of primary amides is 1. The molecule has 0 saturated heterocycles. The van der Waals surface area contributed by atoms with Crippen LogP contribution in [0.4, 0.5) is 5.69 Å². The van der Waals surface area contributed by atoms with Crippen molar-refractivity contribution < 1.29 is 9.59 Å². The maximum atomic E-state index is 13.4. The van der Waals surface area contributed by atoms with Gasteiger partial charge < -0.3 is 11.1 Å². The van der Waals surface area contributed by atoms with Crippen LogP contribution >= 0.6 is 0 Å². The second-order valence-electron chi connectivity index (χ2n) is 8.57. The second kappa shape index (κ2) is 9.35. The maximum absolute atomic E-state index is 13.4. The van der Waals surface area contributed by atoms with E-state index in [0.29, 0.717) is 22.0 Å². The van der Waals surface area contributed by atoms with E-state index in [4.69, 9.17) is 5.73 Å². The number of hydrogen-bond acceptors (Lipinski definition) is 3. The number of rotatable bonds is 6. The van der Waals surface area contributed by atoms with Crippen molar-refractivity contribution in [2.45, 2.75) is 32.7 Å². The van der Waals surface area contributed by atoms with Crippen LogP contribution in [0.1, 0.15) is 41.1 Å². The number of fused-ring (bicyclic) bond motifs is 1. The van der Waals surface area contributed by atoms with Crippen LogP contribution < -0.4 is 16.6 Å². The van der Waals surface area contributed by atoms with Crippen LogP contribution in [0, 0.1) is 13.8 Å². The molecule has 0 spiro atoms. The number of anilines is 1. The van der Waals surface area contributed by atoms with Crippen LogP contribution in [0.5, 0.6) is 0 Å². The highest BCUT2D eigenvalue weighted by Gasteiger charge is 2.22. The van der Waals surface area contributed by atoms with Gasteiger partial charge in [0.15, 0.2) is 0 Å². The van der Waals surface area contributed by atoms with Crippen molar-refractivity contribution in [3.8, 4) is 0 Å². The minimum Gasteiger partial charge on any atom is -0.368 e. The van der Waals surface area contributed by atoms with Gasteiger partial charge in [0.05, 0.1) is 5.92 Å². The number of nitrogens with zero attached hydrogens (tertiary/aromatic N) is 1. The van der Waals surface area contributed by atoms with E-state index in [1.165, 1.54) is 10.1 Å². The molecule has 6 heteroatoms. The second-order valence-corrected chi connectivity index (χ2v) is 8.57. The fourth-order valence-electron chi connectivity index (χ4n) is 4.13. The summed E-state index contributed by atoms with van der Waals surface area (Å²) in [5.41, 5.74) is 9.70. The molecule has 172 valence electrons. The summed E-state index contributed by atoms with van der Waals surface area (Å²) in [6.45, 7) is 5.91. The summed E-state index contributed by atoms with van der Waals surface area (Å²) in [5.74, 6) is -1.16. The Kier molecular flexibility index (Phi) is 6.32. The van der Waals surface area contributed by atoms with Crippen molar-refractivity contribution in [2.24, 2.45) is 5.73 Å². The minimum atomic E-state index is -0.929. The molecule has 0 unspecified atom stereocenters. The maximum Gasteiger partial charge on any atom is 0.259 e.